The summed E-state index contributed by atoms with van der Waals surface area (Å²) in [6.07, 6.45) is 4.49. The second kappa shape index (κ2) is 5.69. The van der Waals surface area contributed by atoms with E-state index in [4.69, 9.17) is 0 Å². The smallest absolute Gasteiger partial charge is 0.240 e. The summed E-state index contributed by atoms with van der Waals surface area (Å²) in [4.78, 5) is 13.2. The zero-order valence-corrected chi connectivity index (χ0v) is 11.6. The summed E-state index contributed by atoms with van der Waals surface area (Å²) in [7, 11) is 4.04. The van der Waals surface area contributed by atoms with Crippen LogP contribution in [0.5, 0.6) is 0 Å². The Morgan fingerprint density at radius 2 is 1.95 bits per heavy atom. The van der Waals surface area contributed by atoms with Crippen LogP contribution in [0.2, 0.25) is 0 Å². The van der Waals surface area contributed by atoms with Gasteiger partial charge in [-0.05, 0) is 23.8 Å². The fourth-order valence-electron chi connectivity index (χ4n) is 1.93. The first-order chi connectivity index (χ1) is 9.06. The molecule has 0 aromatic heterocycles. The van der Waals surface area contributed by atoms with E-state index in [1.165, 1.54) is 5.69 Å². The average molecular weight is 257 g/mol. The van der Waals surface area contributed by atoms with Crippen molar-refractivity contribution in [2.24, 2.45) is 11.0 Å². The Morgan fingerprint density at radius 3 is 2.53 bits per heavy atom. The first kappa shape index (κ1) is 13.3. The maximum absolute atomic E-state index is 11.1. The molecule has 1 unspecified atom stereocenters. The minimum Gasteiger partial charge on any atom is -0.378 e. The van der Waals surface area contributed by atoms with Gasteiger partial charge in [-0.1, -0.05) is 25.1 Å². The largest absolute Gasteiger partial charge is 0.378 e. The molecule has 1 aliphatic heterocycles. The number of rotatable bonds is 3. The van der Waals surface area contributed by atoms with Gasteiger partial charge in [0.2, 0.25) is 5.91 Å². The summed E-state index contributed by atoms with van der Waals surface area (Å²) in [6.45, 7) is 2.01. The van der Waals surface area contributed by atoms with E-state index in [9.17, 15) is 4.79 Å². The molecule has 1 aromatic rings. The number of nitrogens with zero attached hydrogens (tertiary/aromatic N) is 2. The third-order valence-electron chi connectivity index (χ3n) is 3.16. The number of benzene rings is 1. The molecule has 0 bridgehead atoms. The molecule has 1 aliphatic rings. The van der Waals surface area contributed by atoms with Gasteiger partial charge in [-0.3, -0.25) is 4.79 Å². The number of hydrogen-bond acceptors (Lipinski definition) is 3. The van der Waals surface area contributed by atoms with Crippen molar-refractivity contribution in [1.82, 2.24) is 5.43 Å². The van der Waals surface area contributed by atoms with E-state index in [0.29, 0.717) is 6.42 Å². The molecular formula is C15H19N3O. The molecule has 1 aromatic carbocycles. The van der Waals surface area contributed by atoms with Crippen LogP contribution in [0.4, 0.5) is 5.69 Å². The summed E-state index contributed by atoms with van der Waals surface area (Å²) >= 11 is 0. The molecule has 4 heteroatoms. The summed E-state index contributed by atoms with van der Waals surface area (Å²) in [5.41, 5.74) is 5.72. The van der Waals surface area contributed by atoms with Gasteiger partial charge in [-0.15, -0.1) is 0 Å². The quantitative estimate of drug-likeness (QED) is 0.903. The van der Waals surface area contributed by atoms with E-state index in [0.717, 1.165) is 11.3 Å². The van der Waals surface area contributed by atoms with E-state index < -0.39 is 0 Å². The van der Waals surface area contributed by atoms with Crippen LogP contribution in [0.1, 0.15) is 18.9 Å². The van der Waals surface area contributed by atoms with Crippen LogP contribution in [0, 0.1) is 5.92 Å². The van der Waals surface area contributed by atoms with Crippen molar-refractivity contribution < 1.29 is 4.79 Å². The van der Waals surface area contributed by atoms with Crippen LogP contribution in [0.3, 0.4) is 0 Å². The Hall–Kier alpha value is -2.10. The van der Waals surface area contributed by atoms with Gasteiger partial charge in [-0.2, -0.15) is 5.10 Å². The molecule has 1 amide bonds. The van der Waals surface area contributed by atoms with Crippen molar-refractivity contribution in [2.75, 3.05) is 19.0 Å². The van der Waals surface area contributed by atoms with Crippen molar-refractivity contribution in [3.63, 3.8) is 0 Å². The van der Waals surface area contributed by atoms with Gasteiger partial charge >= 0.3 is 0 Å². The standard InChI is InChI=1S/C15H19N3O/c1-11-10-15(19)17-16-14(11)9-6-12-4-7-13(8-5-12)18(2)3/h4-9,11H,10H2,1-3H3,(H,17,19). The first-order valence-corrected chi connectivity index (χ1v) is 6.38. The normalized spacial score (nSPS) is 19.2. The third-order valence-corrected chi connectivity index (χ3v) is 3.16. The average Bonchev–Trinajstić information content (AvgIpc) is 2.38. The van der Waals surface area contributed by atoms with Gasteiger partial charge < -0.3 is 4.90 Å². The highest BCUT2D eigenvalue weighted by Gasteiger charge is 2.17. The number of carbonyl (C=O) groups excluding carboxylic acids is 1. The number of carbonyl (C=O) groups is 1. The fraction of sp³-hybridized carbons (Fsp3) is 0.333. The lowest BCUT2D eigenvalue weighted by Gasteiger charge is -2.16. The molecule has 0 radical (unpaired) electrons. The van der Waals surface area contributed by atoms with E-state index in [-0.39, 0.29) is 11.8 Å². The molecule has 1 heterocycles. The number of allylic oxidation sites excluding steroid dienone is 1. The number of hydrazone groups is 1. The van der Waals surface area contributed by atoms with Crippen molar-refractivity contribution >= 4 is 23.4 Å². The van der Waals surface area contributed by atoms with E-state index >= 15 is 0 Å². The predicted octanol–water partition coefficient (Wildman–Crippen LogP) is 2.28. The Labute approximate surface area is 113 Å². The Balaban J connectivity index is 2.08. The lowest BCUT2D eigenvalue weighted by Crippen LogP contribution is -2.30. The van der Waals surface area contributed by atoms with Gasteiger partial charge in [-0.25, -0.2) is 5.43 Å². The topological polar surface area (TPSA) is 44.7 Å². The van der Waals surface area contributed by atoms with Gasteiger partial charge in [0.15, 0.2) is 0 Å². The van der Waals surface area contributed by atoms with Crippen LogP contribution in [0.15, 0.2) is 35.4 Å². The highest BCUT2D eigenvalue weighted by molar-refractivity contribution is 6.03. The Bertz CT molecular complexity index is 515. The van der Waals surface area contributed by atoms with E-state index in [2.05, 4.69) is 39.7 Å². The SMILES string of the molecule is CC1CC(=O)NN=C1C=Cc1ccc(N(C)C)cc1. The number of amides is 1. The molecule has 4 nitrogen and oxygen atoms in total. The van der Waals surface area contributed by atoms with Crippen LogP contribution >= 0.6 is 0 Å². The van der Waals surface area contributed by atoms with Crippen LogP contribution < -0.4 is 10.3 Å². The summed E-state index contributed by atoms with van der Waals surface area (Å²) < 4.78 is 0. The Morgan fingerprint density at radius 1 is 1.26 bits per heavy atom. The molecule has 1 N–H and O–H groups in total. The van der Waals surface area contributed by atoms with Crippen molar-refractivity contribution in [2.45, 2.75) is 13.3 Å². The van der Waals surface area contributed by atoms with Crippen molar-refractivity contribution in [3.8, 4) is 0 Å². The highest BCUT2D eigenvalue weighted by atomic mass is 16.2. The van der Waals surface area contributed by atoms with E-state index in [1.54, 1.807) is 0 Å². The van der Waals surface area contributed by atoms with Gasteiger partial charge in [0, 0.05) is 32.1 Å². The molecular weight excluding hydrogens is 238 g/mol. The third kappa shape index (κ3) is 3.44. The maximum atomic E-state index is 11.1. The molecule has 0 aliphatic carbocycles. The van der Waals surface area contributed by atoms with Crippen LogP contribution in [-0.2, 0) is 4.79 Å². The first-order valence-electron chi connectivity index (χ1n) is 6.38. The lowest BCUT2D eigenvalue weighted by atomic mass is 9.99. The second-order valence-corrected chi connectivity index (χ2v) is 5.00. The summed E-state index contributed by atoms with van der Waals surface area (Å²) in [6, 6.07) is 8.29. The van der Waals surface area contributed by atoms with Crippen LogP contribution in [0.25, 0.3) is 6.08 Å². The predicted molar refractivity (Wildman–Crippen MR) is 79.2 cm³/mol. The molecule has 0 fully saturated rings. The summed E-state index contributed by atoms with van der Waals surface area (Å²) in [5, 5.41) is 4.07. The number of hydrogen-bond donors (Lipinski definition) is 1. The van der Waals surface area contributed by atoms with Gasteiger partial charge in [0.05, 0.1) is 5.71 Å². The van der Waals surface area contributed by atoms with Crippen molar-refractivity contribution in [3.05, 3.63) is 35.9 Å². The highest BCUT2D eigenvalue weighted by Crippen LogP contribution is 2.15. The zero-order chi connectivity index (χ0) is 13.8. The zero-order valence-electron chi connectivity index (χ0n) is 11.6. The minimum atomic E-state index is -0.0139. The molecule has 0 saturated heterocycles. The monoisotopic (exact) mass is 257 g/mol. The number of anilines is 1. The minimum absolute atomic E-state index is 0.0139. The van der Waals surface area contributed by atoms with Gasteiger partial charge in [0.1, 0.15) is 0 Å². The Kier molecular flexibility index (Phi) is 4.00. The number of nitrogens with one attached hydrogen (secondary N) is 1. The maximum Gasteiger partial charge on any atom is 0.240 e. The van der Waals surface area contributed by atoms with Crippen LogP contribution in [-0.4, -0.2) is 25.7 Å². The molecule has 0 saturated carbocycles. The molecule has 0 spiro atoms. The fourth-order valence-corrected chi connectivity index (χ4v) is 1.93. The second-order valence-electron chi connectivity index (χ2n) is 5.00. The molecule has 1 atom stereocenters. The van der Waals surface area contributed by atoms with Crippen molar-refractivity contribution in [1.29, 1.82) is 0 Å². The molecule has 100 valence electrons. The van der Waals surface area contributed by atoms with E-state index in [1.807, 2.05) is 33.2 Å². The molecule has 19 heavy (non-hydrogen) atoms. The van der Waals surface area contributed by atoms with Gasteiger partial charge in [0.25, 0.3) is 0 Å². The molecule has 2 rings (SSSR count). The summed E-state index contributed by atoms with van der Waals surface area (Å²) in [5.74, 6) is 0.158. The lowest BCUT2D eigenvalue weighted by molar-refractivity contribution is -0.121.